The number of aromatic nitrogens is 3. The van der Waals surface area contributed by atoms with Gasteiger partial charge in [-0.25, -0.2) is 0 Å². The number of fused-ring (bicyclic) bond motifs is 1. The number of rotatable bonds is 1. The molecule has 0 unspecified atom stereocenters. The molecule has 0 aliphatic rings. The Balaban J connectivity index is 2.72. The molecule has 0 bridgehead atoms. The molecule has 0 aliphatic heterocycles. The minimum absolute atomic E-state index is 0.0841. The van der Waals surface area contributed by atoms with Gasteiger partial charge in [-0.1, -0.05) is 11.6 Å². The molecule has 4 nitrogen and oxygen atoms in total. The smallest absolute Gasteiger partial charge is 0.178 e. The molecule has 2 rings (SSSR count). The summed E-state index contributed by atoms with van der Waals surface area (Å²) in [5, 5.41) is 7.65. The lowest BCUT2D eigenvalue weighted by Gasteiger charge is -1.93. The van der Waals surface area contributed by atoms with Gasteiger partial charge in [0.15, 0.2) is 5.78 Å². The lowest BCUT2D eigenvalue weighted by atomic mass is 10.2. The predicted octanol–water partition coefficient (Wildman–Crippen LogP) is 1.81. The Labute approximate surface area is 78.9 Å². The summed E-state index contributed by atoms with van der Waals surface area (Å²) in [7, 11) is 0. The molecule has 0 aliphatic carbocycles. The zero-order chi connectivity index (χ0) is 9.42. The summed E-state index contributed by atoms with van der Waals surface area (Å²) in [4.78, 5) is 14.9. The molecule has 5 heteroatoms. The minimum Gasteiger partial charge on any atom is -0.293 e. The van der Waals surface area contributed by atoms with Crippen molar-refractivity contribution in [1.82, 2.24) is 15.2 Å². The van der Waals surface area contributed by atoms with E-state index in [4.69, 9.17) is 11.6 Å². The number of pyridine rings is 1. The molecule has 0 atom stereocenters. The normalized spacial score (nSPS) is 10.6. The molecule has 0 aromatic carbocycles. The van der Waals surface area contributed by atoms with Gasteiger partial charge >= 0.3 is 0 Å². The molecule has 0 saturated carbocycles. The quantitative estimate of drug-likeness (QED) is 0.706. The molecule has 0 fully saturated rings. The zero-order valence-electron chi connectivity index (χ0n) is 6.84. The number of hydrogen-bond donors (Lipinski definition) is 1. The van der Waals surface area contributed by atoms with Gasteiger partial charge in [0.05, 0.1) is 6.20 Å². The van der Waals surface area contributed by atoms with E-state index in [0.717, 1.165) is 5.39 Å². The third-order valence-electron chi connectivity index (χ3n) is 1.75. The van der Waals surface area contributed by atoms with Crippen molar-refractivity contribution in [3.8, 4) is 0 Å². The molecule has 0 saturated heterocycles. The van der Waals surface area contributed by atoms with Gasteiger partial charge in [-0.15, -0.1) is 0 Å². The molecule has 2 heterocycles. The minimum atomic E-state index is -0.0841. The summed E-state index contributed by atoms with van der Waals surface area (Å²) in [6.07, 6.45) is 1.52. The van der Waals surface area contributed by atoms with Gasteiger partial charge in [0.1, 0.15) is 16.4 Å². The SMILES string of the molecule is CC(=O)c1cc2c(Cl)[nH]nc2cn1. The number of halogens is 1. The van der Waals surface area contributed by atoms with Gasteiger partial charge in [-0.3, -0.25) is 14.9 Å². The van der Waals surface area contributed by atoms with E-state index in [2.05, 4.69) is 15.2 Å². The number of carbonyl (C=O) groups excluding carboxylic acids is 1. The van der Waals surface area contributed by atoms with Crippen LogP contribution >= 0.6 is 11.6 Å². The number of ketones is 1. The van der Waals surface area contributed by atoms with Gasteiger partial charge in [-0.05, 0) is 6.07 Å². The predicted molar refractivity (Wildman–Crippen MR) is 48.9 cm³/mol. The number of carbonyl (C=O) groups is 1. The van der Waals surface area contributed by atoms with E-state index in [-0.39, 0.29) is 5.78 Å². The van der Waals surface area contributed by atoms with E-state index in [1.165, 1.54) is 13.1 Å². The van der Waals surface area contributed by atoms with E-state index in [9.17, 15) is 4.79 Å². The van der Waals surface area contributed by atoms with Crippen molar-refractivity contribution in [3.63, 3.8) is 0 Å². The van der Waals surface area contributed by atoms with E-state index < -0.39 is 0 Å². The van der Waals surface area contributed by atoms with Crippen molar-refractivity contribution < 1.29 is 4.79 Å². The number of Topliss-reactive ketones (excluding diaryl/α,β-unsaturated/α-hetero) is 1. The van der Waals surface area contributed by atoms with Crippen molar-refractivity contribution in [2.24, 2.45) is 0 Å². The van der Waals surface area contributed by atoms with Gasteiger partial charge in [0.25, 0.3) is 0 Å². The standard InChI is InChI=1S/C8H6ClN3O/c1-4(13)6-2-5-7(3-10-6)11-12-8(5)9/h2-3H,1H3,(H,11,12). The summed E-state index contributed by atoms with van der Waals surface area (Å²) < 4.78 is 0. The molecule has 0 spiro atoms. The molecule has 2 aromatic heterocycles. The van der Waals surface area contributed by atoms with E-state index >= 15 is 0 Å². The highest BCUT2D eigenvalue weighted by Crippen LogP contribution is 2.19. The average Bonchev–Trinajstić information content (AvgIpc) is 2.47. The van der Waals surface area contributed by atoms with Crippen molar-refractivity contribution >= 4 is 28.3 Å². The van der Waals surface area contributed by atoms with E-state index in [1.807, 2.05) is 0 Å². The summed E-state index contributed by atoms with van der Waals surface area (Å²) in [5.41, 5.74) is 1.06. The Hall–Kier alpha value is -1.42. The number of nitrogens with zero attached hydrogens (tertiary/aromatic N) is 2. The summed E-state index contributed by atoms with van der Waals surface area (Å²) in [5.74, 6) is -0.0841. The van der Waals surface area contributed by atoms with Crippen molar-refractivity contribution in [2.45, 2.75) is 6.92 Å². The highest BCUT2D eigenvalue weighted by Gasteiger charge is 2.07. The zero-order valence-corrected chi connectivity index (χ0v) is 7.59. The van der Waals surface area contributed by atoms with Crippen LogP contribution in [0, 0.1) is 0 Å². The lowest BCUT2D eigenvalue weighted by molar-refractivity contribution is 0.101. The van der Waals surface area contributed by atoms with Gasteiger partial charge in [-0.2, -0.15) is 5.10 Å². The number of nitrogens with one attached hydrogen (secondary N) is 1. The number of hydrogen-bond acceptors (Lipinski definition) is 3. The van der Waals surface area contributed by atoms with Crippen LogP contribution in [0.1, 0.15) is 17.4 Å². The molecule has 2 aromatic rings. The fourth-order valence-corrected chi connectivity index (χ4v) is 1.27. The van der Waals surface area contributed by atoms with Crippen LogP contribution in [0.15, 0.2) is 12.3 Å². The second-order valence-electron chi connectivity index (χ2n) is 2.68. The van der Waals surface area contributed by atoms with Gasteiger partial charge in [0, 0.05) is 12.3 Å². The second-order valence-corrected chi connectivity index (χ2v) is 3.06. The van der Waals surface area contributed by atoms with Crippen LogP contribution in [0.25, 0.3) is 10.9 Å². The number of H-pyrrole nitrogens is 1. The van der Waals surface area contributed by atoms with Crippen molar-refractivity contribution in [3.05, 3.63) is 23.1 Å². The first kappa shape index (κ1) is 8.19. The highest BCUT2D eigenvalue weighted by atomic mass is 35.5. The molecule has 66 valence electrons. The Bertz CT molecular complexity index is 477. The Morgan fingerprint density at radius 2 is 2.38 bits per heavy atom. The Morgan fingerprint density at radius 1 is 1.62 bits per heavy atom. The van der Waals surface area contributed by atoms with Crippen molar-refractivity contribution in [1.29, 1.82) is 0 Å². The maximum atomic E-state index is 11.0. The Morgan fingerprint density at radius 3 is 3.08 bits per heavy atom. The first-order valence-electron chi connectivity index (χ1n) is 3.69. The monoisotopic (exact) mass is 195 g/mol. The summed E-state index contributed by atoms with van der Waals surface area (Å²) in [6, 6.07) is 1.63. The largest absolute Gasteiger partial charge is 0.293 e. The highest BCUT2D eigenvalue weighted by molar-refractivity contribution is 6.34. The van der Waals surface area contributed by atoms with Gasteiger partial charge < -0.3 is 0 Å². The third kappa shape index (κ3) is 1.29. The molecule has 13 heavy (non-hydrogen) atoms. The molecular weight excluding hydrogens is 190 g/mol. The fraction of sp³-hybridized carbons (Fsp3) is 0.125. The summed E-state index contributed by atoms with van der Waals surface area (Å²) >= 11 is 5.79. The van der Waals surface area contributed by atoms with Crippen LogP contribution in [0.3, 0.4) is 0 Å². The van der Waals surface area contributed by atoms with E-state index in [1.54, 1.807) is 6.07 Å². The maximum Gasteiger partial charge on any atom is 0.178 e. The molecule has 0 radical (unpaired) electrons. The maximum absolute atomic E-state index is 11.0. The number of aromatic amines is 1. The molecule has 1 N–H and O–H groups in total. The molecule has 0 amide bonds. The van der Waals surface area contributed by atoms with Crippen LogP contribution in [0.4, 0.5) is 0 Å². The van der Waals surface area contributed by atoms with Crippen LogP contribution in [-0.4, -0.2) is 21.0 Å². The van der Waals surface area contributed by atoms with Crippen molar-refractivity contribution in [2.75, 3.05) is 0 Å². The molecular formula is C8H6ClN3O. The van der Waals surface area contributed by atoms with Crippen LogP contribution in [-0.2, 0) is 0 Å². The van der Waals surface area contributed by atoms with Crippen LogP contribution in [0.5, 0.6) is 0 Å². The van der Waals surface area contributed by atoms with Gasteiger partial charge in [0.2, 0.25) is 0 Å². The van der Waals surface area contributed by atoms with Crippen LogP contribution < -0.4 is 0 Å². The second kappa shape index (κ2) is 2.81. The first-order valence-corrected chi connectivity index (χ1v) is 4.07. The van der Waals surface area contributed by atoms with Crippen LogP contribution in [0.2, 0.25) is 5.15 Å². The first-order chi connectivity index (χ1) is 6.18. The Kier molecular flexibility index (Phi) is 1.77. The topological polar surface area (TPSA) is 58.6 Å². The lowest BCUT2D eigenvalue weighted by Crippen LogP contribution is -1.94. The third-order valence-corrected chi connectivity index (χ3v) is 2.04. The van der Waals surface area contributed by atoms with E-state index in [0.29, 0.717) is 16.4 Å². The summed E-state index contributed by atoms with van der Waals surface area (Å²) in [6.45, 7) is 1.46. The fourth-order valence-electron chi connectivity index (χ4n) is 1.08. The average molecular weight is 196 g/mol.